The van der Waals surface area contributed by atoms with Gasteiger partial charge in [0, 0.05) is 16.1 Å². The molecule has 2 N–H and O–H groups in total. The molecule has 1 fully saturated rings. The molecule has 0 radical (unpaired) electrons. The molecule has 0 atom stereocenters. The monoisotopic (exact) mass is 340 g/mol. The summed E-state index contributed by atoms with van der Waals surface area (Å²) in [7, 11) is 0. The van der Waals surface area contributed by atoms with E-state index in [1.165, 1.54) is 0 Å². The van der Waals surface area contributed by atoms with Crippen LogP contribution >= 0.6 is 11.6 Å². The first-order valence-electron chi connectivity index (χ1n) is 7.97. The van der Waals surface area contributed by atoms with Crippen molar-refractivity contribution >= 4 is 34.2 Å². The Morgan fingerprint density at radius 3 is 2.88 bits per heavy atom. The van der Waals surface area contributed by atoms with E-state index >= 15 is 0 Å². The van der Waals surface area contributed by atoms with E-state index in [9.17, 15) is 4.79 Å². The number of aromatic nitrogens is 3. The van der Waals surface area contributed by atoms with Gasteiger partial charge in [0.1, 0.15) is 0 Å². The number of carbonyl (C=O) groups excluding carboxylic acids is 1. The molecule has 1 aliphatic rings. The number of hydrogen-bond donors (Lipinski definition) is 2. The van der Waals surface area contributed by atoms with E-state index < -0.39 is 5.41 Å². The first kappa shape index (κ1) is 15.1. The Kier molecular flexibility index (Phi) is 3.53. The molecule has 6 heteroatoms. The van der Waals surface area contributed by atoms with E-state index in [1.807, 2.05) is 37.3 Å². The topological polar surface area (TPSA) is 70.7 Å². The predicted molar refractivity (Wildman–Crippen MR) is 94.2 cm³/mol. The number of amides is 1. The molecule has 1 aromatic carbocycles. The minimum absolute atomic E-state index is 0.00156. The number of anilines is 1. The summed E-state index contributed by atoms with van der Waals surface area (Å²) in [4.78, 5) is 17.3. The molecular formula is C18H17ClN4O. The van der Waals surface area contributed by atoms with Crippen molar-refractivity contribution in [3.8, 4) is 0 Å². The average Bonchev–Trinajstić information content (AvgIpc) is 2.87. The minimum atomic E-state index is -0.495. The number of fused-ring (bicyclic) bond motifs is 1. The van der Waals surface area contributed by atoms with Crippen molar-refractivity contribution < 1.29 is 4.79 Å². The predicted octanol–water partition coefficient (Wildman–Crippen LogP) is 3.98. The zero-order valence-corrected chi connectivity index (χ0v) is 14.0. The van der Waals surface area contributed by atoms with Crippen molar-refractivity contribution in [1.82, 2.24) is 15.2 Å². The van der Waals surface area contributed by atoms with Crippen molar-refractivity contribution in [1.29, 1.82) is 0 Å². The minimum Gasteiger partial charge on any atom is -0.324 e. The van der Waals surface area contributed by atoms with Gasteiger partial charge in [0.25, 0.3) is 0 Å². The summed E-state index contributed by atoms with van der Waals surface area (Å²) in [6, 6.07) is 9.50. The van der Waals surface area contributed by atoms with Crippen LogP contribution in [0, 0.1) is 6.92 Å². The summed E-state index contributed by atoms with van der Waals surface area (Å²) in [6.45, 7) is 1.93. The van der Waals surface area contributed by atoms with Crippen LogP contribution in [-0.4, -0.2) is 21.1 Å². The highest BCUT2D eigenvalue weighted by Gasteiger charge is 2.45. The standard InChI is InChI=1S/C18H17ClN4O/c1-11-15-9-14(10-20-16(15)23-22-11)21-17(24)18(6-3-7-18)12-4-2-5-13(19)8-12/h2,4-5,8-10H,3,6-7H2,1H3,(H,21,24)(H,20,22,23). The second-order valence-electron chi connectivity index (χ2n) is 6.34. The third-order valence-corrected chi connectivity index (χ3v) is 5.11. The molecule has 24 heavy (non-hydrogen) atoms. The lowest BCUT2D eigenvalue weighted by atomic mass is 9.64. The molecular weight excluding hydrogens is 324 g/mol. The number of carbonyl (C=O) groups is 1. The maximum absolute atomic E-state index is 13.0. The molecule has 1 amide bonds. The van der Waals surface area contributed by atoms with Crippen LogP contribution in [0.2, 0.25) is 5.02 Å². The quantitative estimate of drug-likeness (QED) is 0.757. The zero-order chi connectivity index (χ0) is 16.7. The van der Waals surface area contributed by atoms with Crippen molar-refractivity contribution in [2.45, 2.75) is 31.6 Å². The summed E-state index contributed by atoms with van der Waals surface area (Å²) >= 11 is 6.11. The Hall–Kier alpha value is -2.40. The average molecular weight is 341 g/mol. The molecule has 122 valence electrons. The number of halogens is 1. The van der Waals surface area contributed by atoms with Gasteiger partial charge in [0.2, 0.25) is 5.91 Å². The largest absolute Gasteiger partial charge is 0.324 e. The zero-order valence-electron chi connectivity index (χ0n) is 13.3. The van der Waals surface area contributed by atoms with Gasteiger partial charge in [-0.2, -0.15) is 5.10 Å². The Labute approximate surface area is 144 Å². The van der Waals surface area contributed by atoms with Crippen molar-refractivity contribution in [3.63, 3.8) is 0 Å². The second kappa shape index (κ2) is 5.60. The Morgan fingerprint density at radius 2 is 2.17 bits per heavy atom. The first-order chi connectivity index (χ1) is 11.6. The number of aryl methyl sites for hydroxylation is 1. The number of hydrogen-bond acceptors (Lipinski definition) is 3. The third-order valence-electron chi connectivity index (χ3n) is 4.88. The van der Waals surface area contributed by atoms with Gasteiger partial charge in [0.15, 0.2) is 5.65 Å². The molecule has 0 bridgehead atoms. The van der Waals surface area contributed by atoms with E-state index in [0.29, 0.717) is 16.4 Å². The van der Waals surface area contributed by atoms with E-state index in [-0.39, 0.29) is 5.91 Å². The van der Waals surface area contributed by atoms with Crippen LogP contribution < -0.4 is 5.32 Å². The van der Waals surface area contributed by atoms with Gasteiger partial charge in [-0.3, -0.25) is 9.89 Å². The van der Waals surface area contributed by atoms with Crippen molar-refractivity contribution in [2.24, 2.45) is 0 Å². The van der Waals surface area contributed by atoms with Crippen LogP contribution in [0.25, 0.3) is 11.0 Å². The summed E-state index contributed by atoms with van der Waals surface area (Å²) in [5.74, 6) is -0.00156. The maximum atomic E-state index is 13.0. The normalized spacial score (nSPS) is 15.9. The number of pyridine rings is 1. The number of nitrogens with zero attached hydrogens (tertiary/aromatic N) is 2. The SMILES string of the molecule is Cc1[nH]nc2ncc(NC(=O)C3(c4cccc(Cl)c4)CCC3)cc12. The second-order valence-corrected chi connectivity index (χ2v) is 6.78. The van der Waals surface area contributed by atoms with Crippen LogP contribution in [0.3, 0.4) is 0 Å². The van der Waals surface area contributed by atoms with Crippen LogP contribution in [0.5, 0.6) is 0 Å². The lowest BCUT2D eigenvalue weighted by Crippen LogP contribution is -2.46. The lowest BCUT2D eigenvalue weighted by Gasteiger charge is -2.40. The number of H-pyrrole nitrogens is 1. The van der Waals surface area contributed by atoms with Crippen LogP contribution in [0.4, 0.5) is 5.69 Å². The maximum Gasteiger partial charge on any atom is 0.235 e. The van der Waals surface area contributed by atoms with E-state index in [2.05, 4.69) is 20.5 Å². The number of aromatic amines is 1. The third kappa shape index (κ3) is 2.36. The lowest BCUT2D eigenvalue weighted by molar-refractivity contribution is -0.124. The molecule has 0 spiro atoms. The van der Waals surface area contributed by atoms with E-state index in [4.69, 9.17) is 11.6 Å². The van der Waals surface area contributed by atoms with Crippen LogP contribution in [0.1, 0.15) is 30.5 Å². The Morgan fingerprint density at radius 1 is 1.33 bits per heavy atom. The highest BCUT2D eigenvalue weighted by atomic mass is 35.5. The first-order valence-corrected chi connectivity index (χ1v) is 8.34. The van der Waals surface area contributed by atoms with Crippen molar-refractivity contribution in [3.05, 3.63) is 52.8 Å². The fourth-order valence-corrected chi connectivity index (χ4v) is 3.49. The van der Waals surface area contributed by atoms with Crippen molar-refractivity contribution in [2.75, 3.05) is 5.32 Å². The molecule has 2 heterocycles. The van der Waals surface area contributed by atoms with Gasteiger partial charge in [-0.1, -0.05) is 30.2 Å². The summed E-state index contributed by atoms with van der Waals surface area (Å²) in [5, 5.41) is 11.6. The fraction of sp³-hybridized carbons (Fsp3) is 0.278. The highest BCUT2D eigenvalue weighted by molar-refractivity contribution is 6.30. The van der Waals surface area contributed by atoms with E-state index in [0.717, 1.165) is 35.9 Å². The van der Waals surface area contributed by atoms with Gasteiger partial charge < -0.3 is 5.32 Å². The molecule has 0 saturated heterocycles. The molecule has 2 aromatic heterocycles. The van der Waals surface area contributed by atoms with Gasteiger partial charge in [-0.05, 0) is 43.5 Å². The summed E-state index contributed by atoms with van der Waals surface area (Å²) in [6.07, 6.45) is 4.35. The summed E-state index contributed by atoms with van der Waals surface area (Å²) < 4.78 is 0. The molecule has 1 aliphatic carbocycles. The van der Waals surface area contributed by atoms with Crippen LogP contribution in [-0.2, 0) is 10.2 Å². The van der Waals surface area contributed by atoms with E-state index in [1.54, 1.807) is 6.20 Å². The Balaban J connectivity index is 1.65. The number of benzene rings is 1. The Bertz CT molecular complexity index is 930. The summed E-state index contributed by atoms with van der Waals surface area (Å²) in [5.41, 5.74) is 2.75. The number of nitrogens with one attached hydrogen (secondary N) is 2. The molecule has 0 unspecified atom stereocenters. The molecule has 3 aromatic rings. The molecule has 1 saturated carbocycles. The number of rotatable bonds is 3. The van der Waals surface area contributed by atoms with Crippen LogP contribution in [0.15, 0.2) is 36.5 Å². The molecule has 4 rings (SSSR count). The van der Waals surface area contributed by atoms with Gasteiger partial charge >= 0.3 is 0 Å². The fourth-order valence-electron chi connectivity index (χ4n) is 3.30. The molecule has 0 aliphatic heterocycles. The van der Waals surface area contributed by atoms with Gasteiger partial charge in [-0.25, -0.2) is 4.98 Å². The highest BCUT2D eigenvalue weighted by Crippen LogP contribution is 2.45. The van der Waals surface area contributed by atoms with Gasteiger partial charge in [0.05, 0.1) is 17.3 Å². The van der Waals surface area contributed by atoms with Gasteiger partial charge in [-0.15, -0.1) is 0 Å². The smallest absolute Gasteiger partial charge is 0.235 e. The molecule has 5 nitrogen and oxygen atoms in total.